The number of benzene rings is 1. The maximum Gasteiger partial charge on any atom is 0.244 e. The van der Waals surface area contributed by atoms with E-state index in [1.54, 1.807) is 12.1 Å². The van der Waals surface area contributed by atoms with Crippen LogP contribution in [0.5, 0.6) is 5.75 Å². The Labute approximate surface area is 127 Å². The van der Waals surface area contributed by atoms with Crippen LogP contribution in [0.25, 0.3) is 0 Å². The van der Waals surface area contributed by atoms with Gasteiger partial charge < -0.3 is 9.84 Å². The van der Waals surface area contributed by atoms with E-state index in [9.17, 15) is 13.5 Å². The van der Waals surface area contributed by atoms with Crippen LogP contribution >= 0.6 is 0 Å². The van der Waals surface area contributed by atoms with Crippen LogP contribution in [0, 0.1) is 6.92 Å². The van der Waals surface area contributed by atoms with Crippen LogP contribution in [0.4, 0.5) is 0 Å². The lowest BCUT2D eigenvalue weighted by molar-refractivity contribution is 0.253. The van der Waals surface area contributed by atoms with E-state index in [0.29, 0.717) is 12.2 Å². The predicted octanol–water partition coefficient (Wildman–Crippen LogP) is 2.18. The van der Waals surface area contributed by atoms with Crippen LogP contribution in [-0.2, 0) is 10.0 Å². The Morgan fingerprint density at radius 3 is 2.38 bits per heavy atom. The minimum atomic E-state index is -3.73. The second kappa shape index (κ2) is 7.24. The molecule has 0 fully saturated rings. The highest BCUT2D eigenvalue weighted by Crippen LogP contribution is 2.31. The summed E-state index contributed by atoms with van der Waals surface area (Å²) in [6.07, 6.45) is 0.515. The number of rotatable bonds is 7. The topological polar surface area (TPSA) is 75.6 Å². The van der Waals surface area contributed by atoms with E-state index in [2.05, 4.69) is 4.72 Å². The highest BCUT2D eigenvalue weighted by atomic mass is 32.2. The average molecular weight is 315 g/mol. The Bertz CT molecular complexity index is 578. The Morgan fingerprint density at radius 2 is 1.95 bits per heavy atom. The van der Waals surface area contributed by atoms with E-state index in [1.807, 2.05) is 27.7 Å². The van der Waals surface area contributed by atoms with E-state index in [4.69, 9.17) is 4.74 Å². The van der Waals surface area contributed by atoms with Gasteiger partial charge in [-0.15, -0.1) is 0 Å². The quantitative estimate of drug-likeness (QED) is 0.808. The first-order valence-corrected chi connectivity index (χ1v) is 8.56. The van der Waals surface area contributed by atoms with Gasteiger partial charge in [-0.05, 0) is 42.5 Å². The number of aryl methyl sites for hydroxylation is 1. The monoisotopic (exact) mass is 315 g/mol. The molecule has 0 unspecified atom stereocenters. The lowest BCUT2D eigenvalue weighted by atomic mass is 9.98. The van der Waals surface area contributed by atoms with Gasteiger partial charge in [-0.25, -0.2) is 13.1 Å². The first-order chi connectivity index (χ1) is 9.76. The fourth-order valence-corrected chi connectivity index (χ4v) is 3.70. The van der Waals surface area contributed by atoms with Crippen molar-refractivity contribution >= 4 is 10.0 Å². The SMILES string of the molecule is CC[C@@H](CO)NS(=O)(=O)c1cc(C(C)C)c(C)cc1OC. The minimum Gasteiger partial charge on any atom is -0.495 e. The molecule has 120 valence electrons. The second-order valence-corrected chi connectivity index (χ2v) is 7.11. The molecule has 1 atom stereocenters. The lowest BCUT2D eigenvalue weighted by Gasteiger charge is -2.19. The normalized spacial score (nSPS) is 13.5. The van der Waals surface area contributed by atoms with Crippen molar-refractivity contribution in [3.05, 3.63) is 23.3 Å². The van der Waals surface area contributed by atoms with Gasteiger partial charge in [0, 0.05) is 6.04 Å². The van der Waals surface area contributed by atoms with Crippen molar-refractivity contribution in [3.8, 4) is 5.75 Å². The molecule has 0 radical (unpaired) electrons. The van der Waals surface area contributed by atoms with Crippen LogP contribution in [0.1, 0.15) is 44.2 Å². The molecule has 0 saturated heterocycles. The Hall–Kier alpha value is -1.11. The molecule has 0 spiro atoms. The van der Waals surface area contributed by atoms with Crippen molar-refractivity contribution < 1.29 is 18.3 Å². The van der Waals surface area contributed by atoms with Crippen molar-refractivity contribution in [2.45, 2.75) is 51.0 Å². The molecule has 6 heteroatoms. The van der Waals surface area contributed by atoms with E-state index < -0.39 is 16.1 Å². The van der Waals surface area contributed by atoms with Gasteiger partial charge in [0.05, 0.1) is 13.7 Å². The van der Waals surface area contributed by atoms with Crippen molar-refractivity contribution in [3.63, 3.8) is 0 Å². The molecule has 2 N–H and O–H groups in total. The Balaban J connectivity index is 3.36. The summed E-state index contributed by atoms with van der Waals surface area (Å²) in [5.74, 6) is 0.530. The van der Waals surface area contributed by atoms with Crippen molar-refractivity contribution in [1.29, 1.82) is 0 Å². The third-order valence-corrected chi connectivity index (χ3v) is 5.04. The van der Waals surface area contributed by atoms with Gasteiger partial charge in [-0.3, -0.25) is 0 Å². The molecule has 1 aromatic carbocycles. The second-order valence-electron chi connectivity index (χ2n) is 5.42. The standard InChI is InChI=1S/C15H25NO4S/c1-6-12(9-17)16-21(18,19)15-8-13(10(2)3)11(4)7-14(15)20-5/h7-8,10,12,16-17H,6,9H2,1-5H3/t12-/m0/s1. The maximum absolute atomic E-state index is 12.5. The number of ether oxygens (including phenoxy) is 1. The maximum atomic E-state index is 12.5. The van der Waals surface area contributed by atoms with Crippen LogP contribution in [-0.4, -0.2) is 33.3 Å². The molecular formula is C15H25NO4S. The smallest absolute Gasteiger partial charge is 0.244 e. The molecule has 0 heterocycles. The summed E-state index contributed by atoms with van der Waals surface area (Å²) in [4.78, 5) is 0.117. The van der Waals surface area contributed by atoms with Crippen LogP contribution in [0.15, 0.2) is 17.0 Å². The van der Waals surface area contributed by atoms with Gasteiger partial charge in [-0.2, -0.15) is 0 Å². The van der Waals surface area contributed by atoms with E-state index in [1.165, 1.54) is 7.11 Å². The minimum absolute atomic E-state index is 0.117. The molecule has 5 nitrogen and oxygen atoms in total. The molecule has 1 rings (SSSR count). The fraction of sp³-hybridized carbons (Fsp3) is 0.600. The summed E-state index contributed by atoms with van der Waals surface area (Å²) in [5, 5.41) is 9.19. The molecule has 21 heavy (non-hydrogen) atoms. The third-order valence-electron chi connectivity index (χ3n) is 3.50. The van der Waals surface area contributed by atoms with Gasteiger partial charge in [0.1, 0.15) is 10.6 Å². The van der Waals surface area contributed by atoms with E-state index in [-0.39, 0.29) is 17.4 Å². The zero-order valence-electron chi connectivity index (χ0n) is 13.3. The molecule has 0 aromatic heterocycles. The molecule has 1 aromatic rings. The van der Waals surface area contributed by atoms with Gasteiger partial charge >= 0.3 is 0 Å². The van der Waals surface area contributed by atoms with Gasteiger partial charge in [0.25, 0.3) is 0 Å². The van der Waals surface area contributed by atoms with Gasteiger partial charge in [-0.1, -0.05) is 20.8 Å². The largest absolute Gasteiger partial charge is 0.495 e. The molecular weight excluding hydrogens is 290 g/mol. The molecule has 0 aliphatic carbocycles. The first kappa shape index (κ1) is 17.9. The number of methoxy groups -OCH3 is 1. The summed E-state index contributed by atoms with van der Waals surface area (Å²) in [6.45, 7) is 7.54. The van der Waals surface area contributed by atoms with Crippen molar-refractivity contribution in [2.24, 2.45) is 0 Å². The molecule has 0 amide bonds. The first-order valence-electron chi connectivity index (χ1n) is 7.08. The van der Waals surface area contributed by atoms with E-state index >= 15 is 0 Å². The number of hydrogen-bond acceptors (Lipinski definition) is 4. The Kier molecular flexibility index (Phi) is 6.19. The summed E-state index contributed by atoms with van der Waals surface area (Å²) in [7, 11) is -2.28. The van der Waals surface area contributed by atoms with Crippen LogP contribution in [0.3, 0.4) is 0 Å². The Morgan fingerprint density at radius 1 is 1.33 bits per heavy atom. The van der Waals surface area contributed by atoms with Crippen molar-refractivity contribution in [1.82, 2.24) is 4.72 Å². The zero-order valence-corrected chi connectivity index (χ0v) is 14.1. The number of aliphatic hydroxyl groups is 1. The highest BCUT2D eigenvalue weighted by molar-refractivity contribution is 7.89. The van der Waals surface area contributed by atoms with Crippen LogP contribution < -0.4 is 9.46 Å². The summed E-state index contributed by atoms with van der Waals surface area (Å²) in [5.41, 5.74) is 1.96. The molecule has 0 aliphatic heterocycles. The lowest BCUT2D eigenvalue weighted by Crippen LogP contribution is -2.37. The molecule has 0 bridgehead atoms. The number of hydrogen-bond donors (Lipinski definition) is 2. The van der Waals surface area contributed by atoms with Gasteiger partial charge in [0.2, 0.25) is 10.0 Å². The number of aliphatic hydroxyl groups excluding tert-OH is 1. The third kappa shape index (κ3) is 4.18. The van der Waals surface area contributed by atoms with E-state index in [0.717, 1.165) is 11.1 Å². The summed E-state index contributed by atoms with van der Waals surface area (Å²) in [6, 6.07) is 2.90. The molecule has 0 aliphatic rings. The highest BCUT2D eigenvalue weighted by Gasteiger charge is 2.24. The average Bonchev–Trinajstić information content (AvgIpc) is 2.43. The van der Waals surface area contributed by atoms with Crippen LogP contribution in [0.2, 0.25) is 0 Å². The summed E-state index contributed by atoms with van der Waals surface area (Å²) < 4.78 is 32.8. The molecule has 0 saturated carbocycles. The number of sulfonamides is 1. The number of nitrogens with one attached hydrogen (secondary N) is 1. The van der Waals surface area contributed by atoms with Crippen molar-refractivity contribution in [2.75, 3.05) is 13.7 Å². The predicted molar refractivity (Wildman–Crippen MR) is 83.3 cm³/mol. The summed E-state index contributed by atoms with van der Waals surface area (Å²) >= 11 is 0. The van der Waals surface area contributed by atoms with Gasteiger partial charge in [0.15, 0.2) is 0 Å². The zero-order chi connectivity index (χ0) is 16.2. The fourth-order valence-electron chi connectivity index (χ4n) is 2.20.